The van der Waals surface area contributed by atoms with Crippen LogP contribution in [0.1, 0.15) is 26.3 Å². The van der Waals surface area contributed by atoms with Gasteiger partial charge in [-0.2, -0.15) is 0 Å². The molecule has 0 radical (unpaired) electrons. The van der Waals surface area contributed by atoms with Gasteiger partial charge in [0, 0.05) is 5.92 Å². The smallest absolute Gasteiger partial charge is 0.270 e. The molecule has 1 amide bonds. The van der Waals surface area contributed by atoms with E-state index in [0.29, 0.717) is 18.0 Å². The molecule has 0 aliphatic rings. The highest BCUT2D eigenvalue weighted by Crippen LogP contribution is 2.27. The van der Waals surface area contributed by atoms with Gasteiger partial charge in [-0.1, -0.05) is 31.5 Å². The predicted octanol–water partition coefficient (Wildman–Crippen LogP) is 3.77. The van der Waals surface area contributed by atoms with Gasteiger partial charge in [-0.25, -0.2) is 12.7 Å². The molecule has 0 N–H and O–H groups in total. The summed E-state index contributed by atoms with van der Waals surface area (Å²) in [4.78, 5) is 12.7. The Labute approximate surface area is 149 Å². The molecule has 0 saturated carbocycles. The van der Waals surface area contributed by atoms with Crippen molar-refractivity contribution in [3.05, 3.63) is 54.1 Å². The van der Waals surface area contributed by atoms with Gasteiger partial charge in [0.2, 0.25) is 5.91 Å². The topological polar surface area (TPSA) is 63.7 Å². The average Bonchev–Trinajstić information content (AvgIpc) is 2.57. The Kier molecular flexibility index (Phi) is 5.85. The molecule has 0 aliphatic heterocycles. The molecule has 0 aliphatic carbocycles. The number of sulfonamides is 1. The van der Waals surface area contributed by atoms with Crippen molar-refractivity contribution in [1.29, 1.82) is 0 Å². The molecule has 0 aromatic heterocycles. The summed E-state index contributed by atoms with van der Waals surface area (Å²) in [6.07, 6.45) is 0. The van der Waals surface area contributed by atoms with E-state index in [1.54, 1.807) is 50.2 Å². The number of rotatable bonds is 6. The van der Waals surface area contributed by atoms with Crippen LogP contribution in [0.2, 0.25) is 0 Å². The Balaban J connectivity index is 2.52. The van der Waals surface area contributed by atoms with Crippen LogP contribution in [0.3, 0.4) is 0 Å². The standard InChI is InChI=1S/C19H23NO4S/c1-5-24-17-10-8-16(9-11-17)20(19(21)14(2)3)25(22,23)18-12-6-15(4)7-13-18/h6-14H,5H2,1-4H3. The zero-order valence-electron chi connectivity index (χ0n) is 14.9. The summed E-state index contributed by atoms with van der Waals surface area (Å²) in [6.45, 7) is 7.60. The van der Waals surface area contributed by atoms with Crippen molar-refractivity contribution in [2.75, 3.05) is 10.9 Å². The summed E-state index contributed by atoms with van der Waals surface area (Å²) >= 11 is 0. The molecule has 5 nitrogen and oxygen atoms in total. The zero-order valence-corrected chi connectivity index (χ0v) is 15.7. The fraction of sp³-hybridized carbons (Fsp3) is 0.316. The van der Waals surface area contributed by atoms with E-state index in [1.165, 1.54) is 12.1 Å². The first-order valence-electron chi connectivity index (χ1n) is 8.16. The van der Waals surface area contributed by atoms with Gasteiger partial charge >= 0.3 is 0 Å². The molecule has 0 fully saturated rings. The van der Waals surface area contributed by atoms with Crippen molar-refractivity contribution < 1.29 is 17.9 Å². The number of anilines is 1. The molecular weight excluding hydrogens is 338 g/mol. The highest BCUT2D eigenvalue weighted by atomic mass is 32.2. The summed E-state index contributed by atoms with van der Waals surface area (Å²) in [7, 11) is -4.00. The SMILES string of the molecule is CCOc1ccc(N(C(=O)C(C)C)S(=O)(=O)c2ccc(C)cc2)cc1. The van der Waals surface area contributed by atoms with Crippen molar-refractivity contribution in [2.45, 2.75) is 32.6 Å². The Morgan fingerprint density at radius 1 is 1.04 bits per heavy atom. The summed E-state index contributed by atoms with van der Waals surface area (Å²) in [5.41, 5.74) is 1.24. The molecule has 0 saturated heterocycles. The summed E-state index contributed by atoms with van der Waals surface area (Å²) in [6, 6.07) is 12.9. The third-order valence-corrected chi connectivity index (χ3v) is 5.37. The van der Waals surface area contributed by atoms with Crippen LogP contribution in [0.15, 0.2) is 53.4 Å². The van der Waals surface area contributed by atoms with Gasteiger partial charge in [0.1, 0.15) is 5.75 Å². The molecule has 25 heavy (non-hydrogen) atoms. The number of ether oxygens (including phenoxy) is 1. The number of nitrogens with zero attached hydrogens (tertiary/aromatic N) is 1. The molecule has 2 rings (SSSR count). The largest absolute Gasteiger partial charge is 0.494 e. The first kappa shape index (κ1) is 19.0. The van der Waals surface area contributed by atoms with E-state index in [9.17, 15) is 13.2 Å². The number of amides is 1. The second-order valence-electron chi connectivity index (χ2n) is 6.00. The summed E-state index contributed by atoms with van der Waals surface area (Å²) in [5, 5.41) is 0. The van der Waals surface area contributed by atoms with Crippen LogP contribution in [0.5, 0.6) is 5.75 Å². The minimum absolute atomic E-state index is 0.0842. The van der Waals surface area contributed by atoms with Gasteiger partial charge in [0.05, 0.1) is 17.2 Å². The van der Waals surface area contributed by atoms with E-state index in [-0.39, 0.29) is 4.90 Å². The van der Waals surface area contributed by atoms with Crippen molar-refractivity contribution in [3.8, 4) is 5.75 Å². The number of aryl methyl sites for hydroxylation is 1. The Morgan fingerprint density at radius 2 is 1.60 bits per heavy atom. The van der Waals surface area contributed by atoms with E-state index in [4.69, 9.17) is 4.74 Å². The molecule has 134 valence electrons. The highest BCUT2D eigenvalue weighted by Gasteiger charge is 2.32. The second-order valence-corrected chi connectivity index (χ2v) is 7.79. The third kappa shape index (κ3) is 4.20. The van der Waals surface area contributed by atoms with E-state index >= 15 is 0 Å². The van der Waals surface area contributed by atoms with Crippen LogP contribution in [0.4, 0.5) is 5.69 Å². The van der Waals surface area contributed by atoms with Gasteiger partial charge < -0.3 is 4.74 Å². The van der Waals surface area contributed by atoms with Gasteiger partial charge in [-0.15, -0.1) is 0 Å². The molecule has 6 heteroatoms. The lowest BCUT2D eigenvalue weighted by molar-refractivity contribution is -0.120. The van der Waals surface area contributed by atoms with E-state index in [2.05, 4.69) is 0 Å². The Hall–Kier alpha value is -2.34. The Morgan fingerprint density at radius 3 is 2.08 bits per heavy atom. The van der Waals surface area contributed by atoms with E-state index < -0.39 is 21.8 Å². The monoisotopic (exact) mass is 361 g/mol. The van der Waals surface area contributed by atoms with Gasteiger partial charge in [-0.05, 0) is 50.2 Å². The van der Waals surface area contributed by atoms with Crippen LogP contribution in [0.25, 0.3) is 0 Å². The Bertz CT molecular complexity index is 825. The summed E-state index contributed by atoms with van der Waals surface area (Å²) < 4.78 is 32.4. The van der Waals surface area contributed by atoms with Crippen molar-refractivity contribution >= 4 is 21.6 Å². The van der Waals surface area contributed by atoms with Crippen molar-refractivity contribution in [3.63, 3.8) is 0 Å². The third-order valence-electron chi connectivity index (χ3n) is 3.64. The lowest BCUT2D eigenvalue weighted by atomic mass is 10.2. The normalized spacial score (nSPS) is 11.4. The lowest BCUT2D eigenvalue weighted by Crippen LogP contribution is -2.39. The molecule has 0 atom stereocenters. The molecule has 0 spiro atoms. The lowest BCUT2D eigenvalue weighted by Gasteiger charge is -2.24. The molecule has 2 aromatic carbocycles. The van der Waals surface area contributed by atoms with E-state index in [1.807, 2.05) is 13.8 Å². The second kappa shape index (κ2) is 7.70. The fourth-order valence-electron chi connectivity index (χ4n) is 2.28. The summed E-state index contributed by atoms with van der Waals surface area (Å²) in [5.74, 6) is -0.326. The van der Waals surface area contributed by atoms with Crippen molar-refractivity contribution in [1.82, 2.24) is 0 Å². The van der Waals surface area contributed by atoms with Crippen LogP contribution >= 0.6 is 0 Å². The fourth-order valence-corrected chi connectivity index (χ4v) is 3.82. The maximum Gasteiger partial charge on any atom is 0.270 e. The number of hydrogen-bond donors (Lipinski definition) is 0. The van der Waals surface area contributed by atoms with Gasteiger partial charge in [0.15, 0.2) is 0 Å². The van der Waals surface area contributed by atoms with Crippen LogP contribution in [-0.2, 0) is 14.8 Å². The van der Waals surface area contributed by atoms with Crippen LogP contribution < -0.4 is 9.04 Å². The highest BCUT2D eigenvalue weighted by molar-refractivity contribution is 7.93. The average molecular weight is 361 g/mol. The number of benzene rings is 2. The maximum atomic E-state index is 13.1. The maximum absolute atomic E-state index is 13.1. The zero-order chi connectivity index (χ0) is 18.6. The quantitative estimate of drug-likeness (QED) is 0.786. The molecule has 0 heterocycles. The predicted molar refractivity (Wildman–Crippen MR) is 98.3 cm³/mol. The molecule has 0 unspecified atom stereocenters. The molecule has 0 bridgehead atoms. The molecular formula is C19H23NO4S. The van der Waals surface area contributed by atoms with Crippen LogP contribution in [0, 0.1) is 12.8 Å². The number of carbonyl (C=O) groups excluding carboxylic acids is 1. The van der Waals surface area contributed by atoms with Crippen molar-refractivity contribution in [2.24, 2.45) is 5.92 Å². The minimum Gasteiger partial charge on any atom is -0.494 e. The number of carbonyl (C=O) groups is 1. The first-order valence-corrected chi connectivity index (χ1v) is 9.60. The van der Waals surface area contributed by atoms with Crippen LogP contribution in [-0.4, -0.2) is 20.9 Å². The first-order chi connectivity index (χ1) is 11.8. The van der Waals surface area contributed by atoms with Gasteiger partial charge in [0.25, 0.3) is 10.0 Å². The van der Waals surface area contributed by atoms with E-state index in [0.717, 1.165) is 9.87 Å². The number of hydrogen-bond acceptors (Lipinski definition) is 4. The molecule has 2 aromatic rings. The van der Waals surface area contributed by atoms with Gasteiger partial charge in [-0.3, -0.25) is 4.79 Å². The minimum atomic E-state index is -4.00.